The first-order valence-corrected chi connectivity index (χ1v) is 7.52. The van der Waals surface area contributed by atoms with E-state index in [0.717, 1.165) is 25.6 Å². The van der Waals surface area contributed by atoms with Gasteiger partial charge in [0, 0.05) is 32.2 Å². The van der Waals surface area contributed by atoms with E-state index in [1.54, 1.807) is 0 Å². The lowest BCUT2D eigenvalue weighted by Gasteiger charge is -2.32. The van der Waals surface area contributed by atoms with Crippen LogP contribution in [0.1, 0.15) is 40.5 Å². The Morgan fingerprint density at radius 3 is 2.72 bits per heavy atom. The Hall–Kier alpha value is -0.120. The van der Waals surface area contributed by atoms with Gasteiger partial charge in [-0.05, 0) is 37.8 Å². The first-order chi connectivity index (χ1) is 8.39. The van der Waals surface area contributed by atoms with E-state index in [2.05, 4.69) is 50.3 Å². The van der Waals surface area contributed by atoms with Crippen molar-refractivity contribution >= 4 is 0 Å². The number of rotatable bonds is 7. The fourth-order valence-electron chi connectivity index (χ4n) is 3.07. The molecule has 1 atom stereocenters. The Morgan fingerprint density at radius 2 is 2.11 bits per heavy atom. The van der Waals surface area contributed by atoms with Gasteiger partial charge in [-0.25, -0.2) is 0 Å². The second-order valence-corrected chi connectivity index (χ2v) is 7.14. The molecule has 0 amide bonds. The summed E-state index contributed by atoms with van der Waals surface area (Å²) < 4.78 is 0. The van der Waals surface area contributed by atoms with E-state index >= 15 is 0 Å². The second kappa shape index (κ2) is 7.46. The maximum atomic E-state index is 3.63. The molecule has 1 saturated heterocycles. The molecule has 0 saturated carbocycles. The number of piperazine rings is 1. The molecule has 3 heteroatoms. The molecule has 0 aromatic rings. The molecule has 1 rings (SSSR count). The van der Waals surface area contributed by atoms with Crippen molar-refractivity contribution in [1.82, 2.24) is 15.5 Å². The molecule has 1 aliphatic heterocycles. The summed E-state index contributed by atoms with van der Waals surface area (Å²) in [4.78, 5) is 2.42. The maximum absolute atomic E-state index is 3.63. The van der Waals surface area contributed by atoms with Gasteiger partial charge in [0.05, 0.1) is 0 Å². The van der Waals surface area contributed by atoms with Gasteiger partial charge >= 0.3 is 0 Å². The Balaban J connectivity index is 2.10. The summed E-state index contributed by atoms with van der Waals surface area (Å²) in [5.41, 5.74) is 0.422. The Morgan fingerprint density at radius 1 is 1.39 bits per heavy atom. The van der Waals surface area contributed by atoms with Gasteiger partial charge in [-0.3, -0.25) is 0 Å². The van der Waals surface area contributed by atoms with Crippen molar-refractivity contribution in [1.29, 1.82) is 0 Å². The minimum Gasteiger partial charge on any atom is -0.316 e. The van der Waals surface area contributed by atoms with E-state index in [1.807, 2.05) is 0 Å². The number of nitrogens with zero attached hydrogens (tertiary/aromatic N) is 1. The average Bonchev–Trinajstić information content (AvgIpc) is 2.23. The molecule has 108 valence electrons. The summed E-state index contributed by atoms with van der Waals surface area (Å²) >= 11 is 0. The van der Waals surface area contributed by atoms with E-state index in [-0.39, 0.29) is 0 Å². The largest absolute Gasteiger partial charge is 0.316 e. The van der Waals surface area contributed by atoms with E-state index < -0.39 is 0 Å². The van der Waals surface area contributed by atoms with Gasteiger partial charge in [0.1, 0.15) is 0 Å². The van der Waals surface area contributed by atoms with E-state index in [9.17, 15) is 0 Å². The zero-order chi connectivity index (χ0) is 13.6. The summed E-state index contributed by atoms with van der Waals surface area (Å²) in [6.45, 7) is 15.1. The van der Waals surface area contributed by atoms with Gasteiger partial charge in [-0.15, -0.1) is 0 Å². The third-order valence-corrected chi connectivity index (χ3v) is 3.69. The number of hydrogen-bond acceptors (Lipinski definition) is 3. The highest BCUT2D eigenvalue weighted by Gasteiger charge is 2.19. The van der Waals surface area contributed by atoms with Crippen LogP contribution in [-0.4, -0.2) is 50.7 Å². The van der Waals surface area contributed by atoms with Crippen LogP contribution in [0, 0.1) is 11.3 Å². The molecule has 1 aliphatic rings. The molecule has 1 fully saturated rings. The predicted octanol–water partition coefficient (Wildman–Crippen LogP) is 1.94. The molecule has 1 heterocycles. The highest BCUT2D eigenvalue weighted by atomic mass is 15.2. The third kappa shape index (κ3) is 6.72. The molecular formula is C15H33N3. The summed E-state index contributed by atoms with van der Waals surface area (Å²) in [6, 6.07) is 0.671. The third-order valence-electron chi connectivity index (χ3n) is 3.69. The van der Waals surface area contributed by atoms with Crippen LogP contribution in [0.5, 0.6) is 0 Å². The Bertz CT molecular complexity index is 226. The van der Waals surface area contributed by atoms with Crippen LogP contribution in [-0.2, 0) is 0 Å². The van der Waals surface area contributed by atoms with Crippen LogP contribution in [0.25, 0.3) is 0 Å². The number of likely N-dealkylation sites (N-methyl/N-ethyl adjacent to an activating group) is 1. The minimum atomic E-state index is 0.422. The summed E-state index contributed by atoms with van der Waals surface area (Å²) in [6.07, 6.45) is 2.53. The second-order valence-electron chi connectivity index (χ2n) is 7.14. The van der Waals surface area contributed by atoms with Crippen LogP contribution in [0.15, 0.2) is 0 Å². The molecule has 0 aliphatic carbocycles. The van der Waals surface area contributed by atoms with E-state index in [0.29, 0.717) is 11.5 Å². The smallest absolute Gasteiger partial charge is 0.0207 e. The monoisotopic (exact) mass is 255 g/mol. The topological polar surface area (TPSA) is 27.3 Å². The van der Waals surface area contributed by atoms with E-state index in [4.69, 9.17) is 0 Å². The normalized spacial score (nSPS) is 22.7. The molecule has 0 aromatic heterocycles. The number of hydrogen-bond donors (Lipinski definition) is 2. The first-order valence-electron chi connectivity index (χ1n) is 7.52. The highest BCUT2D eigenvalue weighted by molar-refractivity contribution is 4.78. The van der Waals surface area contributed by atoms with Gasteiger partial charge in [0.15, 0.2) is 0 Å². The average molecular weight is 255 g/mol. The SMILES string of the molecule is CC(C)CC(C)(C)CNCCC1CN(C)CCN1. The lowest BCUT2D eigenvalue weighted by atomic mass is 9.84. The standard InChI is InChI=1S/C15H33N3/c1-13(2)10-15(3,4)12-16-7-6-14-11-18(5)9-8-17-14/h13-14,16-17H,6-12H2,1-5H3. The van der Waals surface area contributed by atoms with Crippen molar-refractivity contribution in [2.75, 3.05) is 39.8 Å². The molecular weight excluding hydrogens is 222 g/mol. The lowest BCUT2D eigenvalue weighted by Crippen LogP contribution is -2.50. The lowest BCUT2D eigenvalue weighted by molar-refractivity contribution is 0.226. The fourth-order valence-corrected chi connectivity index (χ4v) is 3.07. The summed E-state index contributed by atoms with van der Waals surface area (Å²) in [5, 5.41) is 7.23. The van der Waals surface area contributed by atoms with Gasteiger partial charge in [0.2, 0.25) is 0 Å². The first kappa shape index (κ1) is 15.9. The van der Waals surface area contributed by atoms with Crippen molar-refractivity contribution in [3.63, 3.8) is 0 Å². The molecule has 1 unspecified atom stereocenters. The van der Waals surface area contributed by atoms with Gasteiger partial charge in [-0.1, -0.05) is 27.7 Å². The van der Waals surface area contributed by atoms with Crippen LogP contribution in [0.2, 0.25) is 0 Å². The van der Waals surface area contributed by atoms with Crippen LogP contribution >= 0.6 is 0 Å². The molecule has 0 spiro atoms. The zero-order valence-corrected chi connectivity index (χ0v) is 13.1. The van der Waals surface area contributed by atoms with Crippen molar-refractivity contribution in [2.45, 2.75) is 46.6 Å². The number of nitrogens with one attached hydrogen (secondary N) is 2. The van der Waals surface area contributed by atoms with Gasteiger partial charge in [-0.2, -0.15) is 0 Å². The predicted molar refractivity (Wildman–Crippen MR) is 80.0 cm³/mol. The highest BCUT2D eigenvalue weighted by Crippen LogP contribution is 2.23. The van der Waals surface area contributed by atoms with E-state index in [1.165, 1.54) is 25.9 Å². The molecule has 2 N–H and O–H groups in total. The maximum Gasteiger partial charge on any atom is 0.0207 e. The van der Waals surface area contributed by atoms with Gasteiger partial charge in [0.25, 0.3) is 0 Å². The molecule has 0 bridgehead atoms. The minimum absolute atomic E-state index is 0.422. The van der Waals surface area contributed by atoms with Gasteiger partial charge < -0.3 is 15.5 Å². The van der Waals surface area contributed by atoms with Crippen LogP contribution < -0.4 is 10.6 Å². The summed E-state index contributed by atoms with van der Waals surface area (Å²) in [5.74, 6) is 0.787. The molecule has 18 heavy (non-hydrogen) atoms. The van der Waals surface area contributed by atoms with Crippen molar-refractivity contribution in [3.8, 4) is 0 Å². The van der Waals surface area contributed by atoms with Crippen molar-refractivity contribution in [3.05, 3.63) is 0 Å². The zero-order valence-electron chi connectivity index (χ0n) is 13.1. The van der Waals surface area contributed by atoms with Crippen LogP contribution in [0.4, 0.5) is 0 Å². The Labute approximate surface area is 114 Å². The fraction of sp³-hybridized carbons (Fsp3) is 1.00. The van der Waals surface area contributed by atoms with Crippen molar-refractivity contribution in [2.24, 2.45) is 11.3 Å². The van der Waals surface area contributed by atoms with Crippen molar-refractivity contribution < 1.29 is 0 Å². The van der Waals surface area contributed by atoms with Crippen LogP contribution in [0.3, 0.4) is 0 Å². The molecule has 3 nitrogen and oxygen atoms in total. The quantitative estimate of drug-likeness (QED) is 0.681. The molecule has 0 radical (unpaired) electrons. The summed E-state index contributed by atoms with van der Waals surface area (Å²) in [7, 11) is 2.22. The molecule has 0 aromatic carbocycles. The Kier molecular flexibility index (Phi) is 6.61.